The van der Waals surface area contributed by atoms with Crippen LogP contribution in [0, 0.1) is 6.92 Å². The van der Waals surface area contributed by atoms with Gasteiger partial charge in [-0.3, -0.25) is 13.9 Å². The highest BCUT2D eigenvalue weighted by Crippen LogP contribution is 2.27. The molecule has 0 radical (unpaired) electrons. The molecule has 218 valence electrons. The van der Waals surface area contributed by atoms with Gasteiger partial charge >= 0.3 is 0 Å². The monoisotopic (exact) mass is 703 g/mol. The smallest absolute Gasteiger partial charge is 0.264 e. The second-order valence-corrected chi connectivity index (χ2v) is 14.2. The van der Waals surface area contributed by atoms with Gasteiger partial charge in [0.15, 0.2) is 0 Å². The summed E-state index contributed by atoms with van der Waals surface area (Å²) >= 11 is 6.84. The van der Waals surface area contributed by atoms with Crippen molar-refractivity contribution in [2.75, 3.05) is 10.8 Å². The van der Waals surface area contributed by atoms with Gasteiger partial charge < -0.3 is 10.2 Å². The summed E-state index contributed by atoms with van der Waals surface area (Å²) in [4.78, 5) is 29.0. The number of nitrogens with one attached hydrogen (secondary N) is 1. The number of hydrogen-bond acceptors (Lipinski definition) is 4. The molecule has 0 unspecified atom stereocenters. The van der Waals surface area contributed by atoms with Crippen LogP contribution in [0.4, 0.5) is 5.69 Å². The third-order valence-corrected chi connectivity index (χ3v) is 10.2. The molecule has 0 saturated heterocycles. The lowest BCUT2D eigenvalue weighted by atomic mass is 9.95. The number of nitrogens with zero attached hydrogens (tertiary/aromatic N) is 2. The van der Waals surface area contributed by atoms with Crippen LogP contribution in [0.5, 0.6) is 0 Å². The molecule has 3 aromatic rings. The molecule has 2 amide bonds. The van der Waals surface area contributed by atoms with Crippen molar-refractivity contribution in [2.45, 2.75) is 69.5 Å². The van der Waals surface area contributed by atoms with Gasteiger partial charge in [-0.25, -0.2) is 8.42 Å². The number of aryl methyl sites for hydroxylation is 1. The predicted molar refractivity (Wildman–Crippen MR) is 169 cm³/mol. The van der Waals surface area contributed by atoms with E-state index in [0.717, 1.165) is 56.5 Å². The van der Waals surface area contributed by atoms with E-state index >= 15 is 0 Å². The number of halogens is 2. The van der Waals surface area contributed by atoms with Crippen molar-refractivity contribution >= 4 is 59.4 Å². The van der Waals surface area contributed by atoms with E-state index in [-0.39, 0.29) is 23.4 Å². The molecule has 1 fully saturated rings. The maximum atomic E-state index is 14.1. The number of carbonyl (C=O) groups is 2. The van der Waals surface area contributed by atoms with E-state index < -0.39 is 28.5 Å². The number of anilines is 1. The number of carbonyl (C=O) groups excluding carboxylic acids is 2. The Kier molecular flexibility index (Phi) is 10.7. The Labute approximate surface area is 259 Å². The quantitative estimate of drug-likeness (QED) is 0.258. The molecule has 0 aliphatic heterocycles. The number of amides is 2. The second kappa shape index (κ2) is 14.0. The highest BCUT2D eigenvalue weighted by atomic mass is 79.9. The van der Waals surface area contributed by atoms with E-state index in [4.69, 9.17) is 0 Å². The minimum atomic E-state index is -4.10. The van der Waals surface area contributed by atoms with E-state index in [1.807, 2.05) is 31.2 Å². The molecule has 1 aliphatic carbocycles. The summed E-state index contributed by atoms with van der Waals surface area (Å²) in [5, 5.41) is 3.12. The Bertz CT molecular complexity index is 1440. The van der Waals surface area contributed by atoms with Crippen molar-refractivity contribution < 1.29 is 18.0 Å². The molecule has 7 nitrogen and oxygen atoms in total. The first-order valence-electron chi connectivity index (χ1n) is 13.7. The van der Waals surface area contributed by atoms with Crippen LogP contribution in [0.1, 0.15) is 50.2 Å². The Morgan fingerprint density at radius 3 is 2.02 bits per heavy atom. The molecule has 1 aliphatic rings. The Balaban J connectivity index is 1.66. The van der Waals surface area contributed by atoms with Crippen LogP contribution < -0.4 is 9.62 Å². The summed E-state index contributed by atoms with van der Waals surface area (Å²) in [6, 6.07) is 20.1. The third kappa shape index (κ3) is 8.20. The number of benzene rings is 3. The van der Waals surface area contributed by atoms with Crippen LogP contribution in [0.25, 0.3) is 0 Å². The van der Waals surface area contributed by atoms with Crippen molar-refractivity contribution in [2.24, 2.45) is 0 Å². The molecular weight excluding hydrogens is 670 g/mol. The van der Waals surface area contributed by atoms with Crippen molar-refractivity contribution in [3.63, 3.8) is 0 Å². The Hall–Kier alpha value is -2.69. The zero-order chi connectivity index (χ0) is 29.6. The van der Waals surface area contributed by atoms with Crippen LogP contribution >= 0.6 is 31.9 Å². The number of sulfonamides is 1. The first-order chi connectivity index (χ1) is 19.5. The van der Waals surface area contributed by atoms with Gasteiger partial charge in [-0.05, 0) is 80.8 Å². The normalized spacial score (nSPS) is 14.7. The minimum Gasteiger partial charge on any atom is -0.352 e. The summed E-state index contributed by atoms with van der Waals surface area (Å²) < 4.78 is 30.6. The van der Waals surface area contributed by atoms with Crippen LogP contribution in [0.3, 0.4) is 0 Å². The van der Waals surface area contributed by atoms with Crippen molar-refractivity contribution in [3.05, 3.63) is 92.9 Å². The van der Waals surface area contributed by atoms with E-state index in [0.29, 0.717) is 5.69 Å². The predicted octanol–water partition coefficient (Wildman–Crippen LogP) is 6.58. The summed E-state index contributed by atoms with van der Waals surface area (Å²) in [5.41, 5.74) is 2.11. The minimum absolute atomic E-state index is 0.0846. The highest BCUT2D eigenvalue weighted by molar-refractivity contribution is 9.10. The summed E-state index contributed by atoms with van der Waals surface area (Å²) in [7, 11) is -4.10. The number of hydrogen-bond donors (Lipinski definition) is 1. The molecule has 0 aromatic heterocycles. The summed E-state index contributed by atoms with van der Waals surface area (Å²) in [6.45, 7) is 3.28. The highest BCUT2D eigenvalue weighted by Gasteiger charge is 2.33. The van der Waals surface area contributed by atoms with Crippen LogP contribution in [-0.4, -0.2) is 43.8 Å². The van der Waals surface area contributed by atoms with Crippen LogP contribution in [0.2, 0.25) is 0 Å². The molecule has 1 N–H and O–H groups in total. The lowest BCUT2D eigenvalue weighted by Gasteiger charge is -2.33. The lowest BCUT2D eigenvalue weighted by Crippen LogP contribution is -2.53. The fourth-order valence-electron chi connectivity index (χ4n) is 4.91. The lowest BCUT2D eigenvalue weighted by molar-refractivity contribution is -0.139. The molecule has 41 heavy (non-hydrogen) atoms. The molecule has 10 heteroatoms. The SMILES string of the molecule is Cc1ccc(S(=O)(=O)N(CC(=O)N(Cc2ccc(Br)cc2)[C@H](C)C(=O)NC2CCCCC2)c2ccc(Br)cc2)cc1. The Morgan fingerprint density at radius 1 is 0.878 bits per heavy atom. The van der Waals surface area contributed by atoms with Gasteiger partial charge in [0.2, 0.25) is 11.8 Å². The first kappa shape index (κ1) is 31.3. The van der Waals surface area contributed by atoms with E-state index in [1.54, 1.807) is 55.5 Å². The van der Waals surface area contributed by atoms with E-state index in [2.05, 4.69) is 37.2 Å². The molecule has 0 heterocycles. The average Bonchev–Trinajstić information content (AvgIpc) is 2.96. The molecule has 0 spiro atoms. The van der Waals surface area contributed by atoms with Gasteiger partial charge in [-0.1, -0.05) is 81.0 Å². The van der Waals surface area contributed by atoms with E-state index in [1.165, 1.54) is 4.90 Å². The fraction of sp³-hybridized carbons (Fsp3) is 0.355. The largest absolute Gasteiger partial charge is 0.352 e. The molecule has 1 saturated carbocycles. The van der Waals surface area contributed by atoms with Gasteiger partial charge in [0.1, 0.15) is 12.6 Å². The standard InChI is InChI=1S/C31H35Br2N3O4S/c1-22-8-18-29(19-9-22)41(39,40)36(28-16-14-26(33)15-17-28)21-30(37)35(20-24-10-12-25(32)13-11-24)23(2)31(38)34-27-6-4-3-5-7-27/h8-19,23,27H,3-7,20-21H2,1-2H3,(H,34,38)/t23-/m1/s1. The molecule has 0 bridgehead atoms. The van der Waals surface area contributed by atoms with Gasteiger partial charge in [-0.15, -0.1) is 0 Å². The molecule has 4 rings (SSSR count). The fourth-order valence-corrected chi connectivity index (χ4v) is 6.85. The Morgan fingerprint density at radius 2 is 1.44 bits per heavy atom. The van der Waals surface area contributed by atoms with Gasteiger partial charge in [0.25, 0.3) is 10.0 Å². The topological polar surface area (TPSA) is 86.8 Å². The average molecular weight is 706 g/mol. The molecular formula is C31H35Br2N3O4S. The molecule has 1 atom stereocenters. The van der Waals surface area contributed by atoms with E-state index in [9.17, 15) is 18.0 Å². The van der Waals surface area contributed by atoms with Crippen LogP contribution in [0.15, 0.2) is 86.6 Å². The third-order valence-electron chi connectivity index (χ3n) is 7.39. The van der Waals surface area contributed by atoms with Crippen LogP contribution in [-0.2, 0) is 26.2 Å². The second-order valence-electron chi connectivity index (χ2n) is 10.5. The maximum absolute atomic E-state index is 14.1. The van der Waals surface area contributed by atoms with Gasteiger partial charge in [0, 0.05) is 21.5 Å². The zero-order valence-electron chi connectivity index (χ0n) is 23.2. The molecule has 3 aromatic carbocycles. The van der Waals surface area contributed by atoms with Crippen molar-refractivity contribution in [1.29, 1.82) is 0 Å². The maximum Gasteiger partial charge on any atom is 0.264 e. The first-order valence-corrected chi connectivity index (χ1v) is 16.8. The summed E-state index contributed by atoms with van der Waals surface area (Å²) in [6.07, 6.45) is 5.15. The van der Waals surface area contributed by atoms with Gasteiger partial charge in [-0.2, -0.15) is 0 Å². The van der Waals surface area contributed by atoms with Gasteiger partial charge in [0.05, 0.1) is 10.6 Å². The number of rotatable bonds is 10. The summed E-state index contributed by atoms with van der Waals surface area (Å²) in [5.74, 6) is -0.711. The zero-order valence-corrected chi connectivity index (χ0v) is 27.2. The van der Waals surface area contributed by atoms with Crippen molar-refractivity contribution in [1.82, 2.24) is 10.2 Å². The van der Waals surface area contributed by atoms with Crippen molar-refractivity contribution in [3.8, 4) is 0 Å².